The number of fused-ring (bicyclic) bond motifs is 2. The van der Waals surface area contributed by atoms with Crippen molar-refractivity contribution in [2.75, 3.05) is 0 Å². The van der Waals surface area contributed by atoms with Crippen molar-refractivity contribution < 1.29 is 22.4 Å². The van der Waals surface area contributed by atoms with Crippen LogP contribution in [0.4, 0.5) is 17.6 Å². The highest BCUT2D eigenvalue weighted by atomic mass is 19.3. The Morgan fingerprint density at radius 3 is 2.13 bits per heavy atom. The van der Waals surface area contributed by atoms with Gasteiger partial charge in [-0.2, -0.15) is 8.78 Å². The summed E-state index contributed by atoms with van der Waals surface area (Å²) in [6.07, 6.45) is 0.357. The number of hydrogen-bond donors (Lipinski definition) is 0. The summed E-state index contributed by atoms with van der Waals surface area (Å²) >= 11 is 0. The minimum absolute atomic E-state index is 0.0357. The molecule has 0 heterocycles. The van der Waals surface area contributed by atoms with Crippen molar-refractivity contribution in [2.45, 2.75) is 38.0 Å². The van der Waals surface area contributed by atoms with Gasteiger partial charge < -0.3 is 0 Å². The summed E-state index contributed by atoms with van der Waals surface area (Å²) < 4.78 is 52.2. The van der Waals surface area contributed by atoms with Gasteiger partial charge in [-0.05, 0) is 18.8 Å². The lowest BCUT2D eigenvalue weighted by Crippen LogP contribution is -2.47. The fourth-order valence-electron chi connectivity index (χ4n) is 2.81. The van der Waals surface area contributed by atoms with E-state index in [-0.39, 0.29) is 25.5 Å². The van der Waals surface area contributed by atoms with Gasteiger partial charge in [0, 0.05) is 25.2 Å². The van der Waals surface area contributed by atoms with E-state index in [2.05, 4.69) is 0 Å². The molecule has 1 nitrogen and oxygen atoms in total. The third-order valence-corrected chi connectivity index (χ3v) is 3.66. The Morgan fingerprint density at radius 1 is 1.20 bits per heavy atom. The molecule has 2 fully saturated rings. The number of carbonyl (C=O) groups is 1. The number of alkyl halides is 4. The van der Waals surface area contributed by atoms with Crippen LogP contribution >= 0.6 is 0 Å². The number of hydrogen-bond acceptors (Lipinski definition) is 1. The predicted octanol–water partition coefficient (Wildman–Crippen LogP) is 2.89. The third-order valence-electron chi connectivity index (χ3n) is 3.66. The number of rotatable bonds is 2. The van der Waals surface area contributed by atoms with Crippen molar-refractivity contribution in [3.05, 3.63) is 0 Å². The maximum absolute atomic E-state index is 13.4. The Balaban J connectivity index is 2.18. The highest BCUT2D eigenvalue weighted by Crippen LogP contribution is 2.55. The zero-order valence-corrected chi connectivity index (χ0v) is 8.27. The van der Waals surface area contributed by atoms with Crippen molar-refractivity contribution in [3.63, 3.8) is 0 Å². The molecule has 0 amide bonds. The highest BCUT2D eigenvalue weighted by Gasteiger charge is 2.64. The van der Waals surface area contributed by atoms with Crippen LogP contribution in [0.3, 0.4) is 0 Å². The van der Waals surface area contributed by atoms with Gasteiger partial charge in [0.15, 0.2) is 0 Å². The lowest BCUT2D eigenvalue weighted by molar-refractivity contribution is -0.234. The minimum Gasteiger partial charge on any atom is -0.299 e. The van der Waals surface area contributed by atoms with E-state index in [4.69, 9.17) is 0 Å². The van der Waals surface area contributed by atoms with Gasteiger partial charge in [-0.1, -0.05) is 0 Å². The summed E-state index contributed by atoms with van der Waals surface area (Å²) in [6, 6.07) is 0. The van der Waals surface area contributed by atoms with Gasteiger partial charge in [-0.25, -0.2) is 8.78 Å². The molecule has 3 unspecified atom stereocenters. The van der Waals surface area contributed by atoms with Crippen LogP contribution in [0.25, 0.3) is 0 Å². The van der Waals surface area contributed by atoms with Gasteiger partial charge in [0.05, 0.1) is 0 Å². The molecule has 0 saturated heterocycles. The SMILES string of the molecule is CC(F)(F)C(F)(F)C1CC2CC1CC2=O. The van der Waals surface area contributed by atoms with Crippen LogP contribution in [0.1, 0.15) is 26.2 Å². The second kappa shape index (κ2) is 2.95. The first kappa shape index (κ1) is 10.9. The lowest BCUT2D eigenvalue weighted by atomic mass is 9.81. The molecule has 0 radical (unpaired) electrons. The summed E-state index contributed by atoms with van der Waals surface area (Å²) in [5, 5.41) is 0. The van der Waals surface area contributed by atoms with Crippen molar-refractivity contribution in [1.29, 1.82) is 0 Å². The molecule has 2 bridgehead atoms. The van der Waals surface area contributed by atoms with E-state index < -0.39 is 29.6 Å². The number of carbonyl (C=O) groups excluding carboxylic acids is 1. The highest BCUT2D eigenvalue weighted by molar-refractivity contribution is 5.84. The molecular weight excluding hydrogens is 212 g/mol. The zero-order valence-electron chi connectivity index (χ0n) is 8.27. The molecule has 0 N–H and O–H groups in total. The summed E-state index contributed by atoms with van der Waals surface area (Å²) in [5.41, 5.74) is 0. The van der Waals surface area contributed by atoms with Crippen molar-refractivity contribution in [1.82, 2.24) is 0 Å². The second-order valence-corrected chi connectivity index (χ2v) is 4.72. The minimum atomic E-state index is -3.99. The van der Waals surface area contributed by atoms with Gasteiger partial charge in [-0.15, -0.1) is 0 Å². The van der Waals surface area contributed by atoms with E-state index in [1.165, 1.54) is 0 Å². The third kappa shape index (κ3) is 1.47. The number of Topliss-reactive ketones (excluding diaryl/α,β-unsaturated/α-hetero) is 1. The average Bonchev–Trinajstić information content (AvgIpc) is 2.59. The Labute approximate surface area is 84.8 Å². The topological polar surface area (TPSA) is 17.1 Å². The summed E-state index contributed by atoms with van der Waals surface area (Å²) in [5.74, 6) is -10.3. The zero-order chi connectivity index (χ0) is 11.4. The van der Waals surface area contributed by atoms with E-state index >= 15 is 0 Å². The molecule has 0 spiro atoms. The molecule has 0 aromatic carbocycles. The molecule has 2 aliphatic carbocycles. The average molecular weight is 224 g/mol. The maximum Gasteiger partial charge on any atom is 0.312 e. The van der Waals surface area contributed by atoms with Crippen LogP contribution in [-0.4, -0.2) is 17.6 Å². The summed E-state index contributed by atoms with van der Waals surface area (Å²) in [4.78, 5) is 11.1. The van der Waals surface area contributed by atoms with E-state index in [0.717, 1.165) is 0 Å². The lowest BCUT2D eigenvalue weighted by Gasteiger charge is -2.33. The molecule has 0 aromatic rings. The largest absolute Gasteiger partial charge is 0.312 e. The molecule has 0 aliphatic heterocycles. The second-order valence-electron chi connectivity index (χ2n) is 4.72. The molecule has 0 aromatic heterocycles. The van der Waals surface area contributed by atoms with Gasteiger partial charge in [0.2, 0.25) is 0 Å². The molecule has 15 heavy (non-hydrogen) atoms. The van der Waals surface area contributed by atoms with Crippen LogP contribution in [0, 0.1) is 17.8 Å². The first-order chi connectivity index (χ1) is 6.73. The van der Waals surface area contributed by atoms with Gasteiger partial charge in [-0.3, -0.25) is 4.79 Å². The smallest absolute Gasteiger partial charge is 0.299 e. The molecule has 2 saturated carbocycles. The molecule has 86 valence electrons. The van der Waals surface area contributed by atoms with Crippen LogP contribution < -0.4 is 0 Å². The number of ketones is 1. The van der Waals surface area contributed by atoms with E-state index in [1.807, 2.05) is 0 Å². The van der Waals surface area contributed by atoms with Crippen LogP contribution in [0.2, 0.25) is 0 Å². The molecule has 3 atom stereocenters. The van der Waals surface area contributed by atoms with Gasteiger partial charge >= 0.3 is 11.8 Å². The summed E-state index contributed by atoms with van der Waals surface area (Å²) in [7, 11) is 0. The normalized spacial score (nSPS) is 36.3. The quantitative estimate of drug-likeness (QED) is 0.659. The van der Waals surface area contributed by atoms with Crippen LogP contribution in [-0.2, 0) is 4.79 Å². The van der Waals surface area contributed by atoms with Crippen LogP contribution in [0.5, 0.6) is 0 Å². The number of halogens is 4. The first-order valence-corrected chi connectivity index (χ1v) is 5.02. The molecule has 5 heteroatoms. The fraction of sp³-hybridized carbons (Fsp3) is 0.900. The Bertz CT molecular complexity index is 294. The molecule has 2 rings (SSSR count). The molecular formula is C10H12F4O. The van der Waals surface area contributed by atoms with Crippen LogP contribution in [0.15, 0.2) is 0 Å². The molecule has 2 aliphatic rings. The fourth-order valence-corrected chi connectivity index (χ4v) is 2.81. The Kier molecular flexibility index (Phi) is 2.14. The standard InChI is InChI=1S/C10H12F4O/c1-9(11,12)10(13,14)7-3-6-2-5(7)4-8(6)15/h5-7H,2-4H2,1H3. The monoisotopic (exact) mass is 224 g/mol. The Hall–Kier alpha value is -0.610. The summed E-state index contributed by atoms with van der Waals surface area (Å²) in [6.45, 7) is 0.251. The van der Waals surface area contributed by atoms with Crippen molar-refractivity contribution >= 4 is 5.78 Å². The van der Waals surface area contributed by atoms with Gasteiger partial charge in [0.25, 0.3) is 0 Å². The van der Waals surface area contributed by atoms with Crippen molar-refractivity contribution in [2.24, 2.45) is 17.8 Å². The van der Waals surface area contributed by atoms with Crippen molar-refractivity contribution in [3.8, 4) is 0 Å². The van der Waals surface area contributed by atoms with E-state index in [1.54, 1.807) is 0 Å². The first-order valence-electron chi connectivity index (χ1n) is 5.02. The Morgan fingerprint density at radius 2 is 1.80 bits per heavy atom. The maximum atomic E-state index is 13.4. The van der Waals surface area contributed by atoms with E-state index in [9.17, 15) is 22.4 Å². The van der Waals surface area contributed by atoms with Gasteiger partial charge in [0.1, 0.15) is 5.78 Å². The van der Waals surface area contributed by atoms with E-state index in [0.29, 0.717) is 6.42 Å². The predicted molar refractivity (Wildman–Crippen MR) is 44.9 cm³/mol.